The van der Waals surface area contributed by atoms with Crippen molar-refractivity contribution in [2.24, 2.45) is 5.92 Å². The van der Waals surface area contributed by atoms with Crippen LogP contribution in [0, 0.1) is 16.0 Å². The van der Waals surface area contributed by atoms with Gasteiger partial charge in [0.1, 0.15) is 0 Å². The van der Waals surface area contributed by atoms with Crippen molar-refractivity contribution in [2.75, 3.05) is 11.9 Å². The zero-order valence-corrected chi connectivity index (χ0v) is 12.2. The normalized spacial score (nSPS) is 14.3. The lowest BCUT2D eigenvalue weighted by Gasteiger charge is -2.26. The van der Waals surface area contributed by atoms with Crippen LogP contribution in [0.1, 0.15) is 27.2 Å². The average molecular weight is 294 g/mol. The molecule has 1 unspecified atom stereocenters. The molecule has 0 bridgehead atoms. The van der Waals surface area contributed by atoms with Crippen LogP contribution in [0.5, 0.6) is 0 Å². The number of hydrogen-bond donors (Lipinski definition) is 2. The Labute approximate surface area is 121 Å². The van der Waals surface area contributed by atoms with Crippen LogP contribution in [0.25, 0.3) is 11.0 Å². The van der Waals surface area contributed by atoms with Crippen LogP contribution in [-0.2, 0) is 0 Å². The second-order valence-electron chi connectivity index (χ2n) is 5.80. The van der Waals surface area contributed by atoms with E-state index < -0.39 is 10.5 Å². The molecule has 0 aliphatic carbocycles. The summed E-state index contributed by atoms with van der Waals surface area (Å²) >= 11 is 0. The first kappa shape index (κ1) is 15.2. The molecule has 0 fully saturated rings. The topological polar surface area (TPSA) is 114 Å². The maximum absolute atomic E-state index is 10.9. The van der Waals surface area contributed by atoms with Gasteiger partial charge in [-0.15, -0.1) is 0 Å². The number of hydrogen-bond acceptors (Lipinski definition) is 7. The van der Waals surface area contributed by atoms with Crippen molar-refractivity contribution in [1.29, 1.82) is 0 Å². The molecule has 1 aromatic carbocycles. The number of nitro benzene ring substituents is 1. The summed E-state index contributed by atoms with van der Waals surface area (Å²) in [6.45, 7) is 6.09. The van der Waals surface area contributed by atoms with Crippen molar-refractivity contribution >= 4 is 22.4 Å². The molecule has 2 aromatic rings. The summed E-state index contributed by atoms with van der Waals surface area (Å²) in [5.41, 5.74) is -0.135. The largest absolute Gasteiger partial charge is 0.388 e. The Bertz CT molecular complexity index is 651. The molecule has 0 aliphatic rings. The van der Waals surface area contributed by atoms with Crippen molar-refractivity contribution in [2.45, 2.75) is 32.8 Å². The second kappa shape index (κ2) is 5.65. The van der Waals surface area contributed by atoms with Gasteiger partial charge in [-0.1, -0.05) is 13.8 Å². The molecule has 8 nitrogen and oxygen atoms in total. The highest BCUT2D eigenvalue weighted by Gasteiger charge is 2.24. The van der Waals surface area contributed by atoms with Crippen LogP contribution in [0.2, 0.25) is 0 Å². The predicted molar refractivity (Wildman–Crippen MR) is 77.0 cm³/mol. The summed E-state index contributed by atoms with van der Waals surface area (Å²) in [6.07, 6.45) is 0.632. The molecule has 1 atom stereocenters. The number of rotatable bonds is 6. The molecule has 0 saturated carbocycles. The Kier molecular flexibility index (Phi) is 4.08. The van der Waals surface area contributed by atoms with Crippen molar-refractivity contribution < 1.29 is 14.7 Å². The van der Waals surface area contributed by atoms with Gasteiger partial charge in [-0.25, -0.2) is 4.63 Å². The lowest BCUT2D eigenvalue weighted by molar-refractivity contribution is -0.383. The fourth-order valence-corrected chi connectivity index (χ4v) is 2.38. The van der Waals surface area contributed by atoms with Crippen LogP contribution in [0.4, 0.5) is 11.4 Å². The molecular formula is C13H18N4O4. The van der Waals surface area contributed by atoms with Crippen LogP contribution in [0.15, 0.2) is 16.8 Å². The molecule has 1 aromatic heterocycles. The van der Waals surface area contributed by atoms with Gasteiger partial charge in [0.15, 0.2) is 5.52 Å². The summed E-state index contributed by atoms with van der Waals surface area (Å²) in [5.74, 6) is 0.354. The lowest BCUT2D eigenvalue weighted by atomic mass is 9.94. The number of aromatic nitrogens is 2. The van der Waals surface area contributed by atoms with E-state index in [1.54, 1.807) is 6.92 Å². The van der Waals surface area contributed by atoms with E-state index in [4.69, 9.17) is 0 Å². The quantitative estimate of drug-likeness (QED) is 0.620. The fraction of sp³-hybridized carbons (Fsp3) is 0.538. The third kappa shape index (κ3) is 3.46. The van der Waals surface area contributed by atoms with Gasteiger partial charge in [-0.3, -0.25) is 10.1 Å². The molecule has 8 heteroatoms. The molecule has 1 heterocycles. The number of nitrogens with one attached hydrogen (secondary N) is 1. The molecule has 2 rings (SSSR count). The Morgan fingerprint density at radius 3 is 2.71 bits per heavy atom. The van der Waals surface area contributed by atoms with E-state index >= 15 is 0 Å². The number of nitro groups is 1. The molecule has 0 radical (unpaired) electrons. The third-order valence-corrected chi connectivity index (χ3v) is 3.10. The van der Waals surface area contributed by atoms with Crippen molar-refractivity contribution in [3.8, 4) is 0 Å². The predicted octanol–water partition coefficient (Wildman–Crippen LogP) is 2.34. The minimum Gasteiger partial charge on any atom is -0.388 e. The number of fused-ring (bicyclic) bond motifs is 1. The van der Waals surface area contributed by atoms with Gasteiger partial charge in [0.05, 0.1) is 16.2 Å². The maximum Gasteiger partial charge on any atom is 0.300 e. The smallest absolute Gasteiger partial charge is 0.300 e. The molecule has 21 heavy (non-hydrogen) atoms. The van der Waals surface area contributed by atoms with Crippen LogP contribution in [0.3, 0.4) is 0 Å². The van der Waals surface area contributed by atoms with Crippen LogP contribution in [-0.4, -0.2) is 32.5 Å². The summed E-state index contributed by atoms with van der Waals surface area (Å²) in [6, 6.07) is 2.88. The Morgan fingerprint density at radius 2 is 2.10 bits per heavy atom. The number of anilines is 1. The fourth-order valence-electron chi connectivity index (χ4n) is 2.38. The van der Waals surface area contributed by atoms with E-state index in [2.05, 4.69) is 20.3 Å². The van der Waals surface area contributed by atoms with Gasteiger partial charge in [-0.05, 0) is 35.6 Å². The number of nitrogens with zero attached hydrogens (tertiary/aromatic N) is 3. The molecule has 2 N–H and O–H groups in total. The summed E-state index contributed by atoms with van der Waals surface area (Å²) < 4.78 is 4.59. The number of non-ortho nitro benzene ring substituents is 1. The summed E-state index contributed by atoms with van der Waals surface area (Å²) in [5, 5.41) is 31.5. The van der Waals surface area contributed by atoms with Gasteiger partial charge in [-0.2, -0.15) is 0 Å². The van der Waals surface area contributed by atoms with Crippen molar-refractivity contribution in [3.63, 3.8) is 0 Å². The van der Waals surface area contributed by atoms with E-state index in [0.29, 0.717) is 24.6 Å². The molecule has 114 valence electrons. The molecule has 0 saturated heterocycles. The van der Waals surface area contributed by atoms with Crippen LogP contribution >= 0.6 is 0 Å². The Morgan fingerprint density at radius 1 is 1.43 bits per heavy atom. The third-order valence-electron chi connectivity index (χ3n) is 3.10. The van der Waals surface area contributed by atoms with Gasteiger partial charge in [0.25, 0.3) is 0 Å². The van der Waals surface area contributed by atoms with Gasteiger partial charge >= 0.3 is 5.69 Å². The van der Waals surface area contributed by atoms with Gasteiger partial charge < -0.3 is 10.4 Å². The van der Waals surface area contributed by atoms with E-state index in [-0.39, 0.29) is 16.7 Å². The van der Waals surface area contributed by atoms with Crippen molar-refractivity contribution in [3.05, 3.63) is 22.2 Å². The molecule has 0 amide bonds. The monoisotopic (exact) mass is 294 g/mol. The zero-order valence-electron chi connectivity index (χ0n) is 12.2. The molecule has 0 spiro atoms. The average Bonchev–Trinajstić information content (AvgIpc) is 2.83. The maximum atomic E-state index is 10.9. The Balaban J connectivity index is 2.22. The minimum absolute atomic E-state index is 0.0912. The van der Waals surface area contributed by atoms with E-state index in [1.807, 2.05) is 13.8 Å². The molecule has 0 aliphatic heterocycles. The minimum atomic E-state index is -0.889. The first-order chi connectivity index (χ1) is 9.80. The SMILES string of the molecule is CC(C)CC(C)(O)CNc1ccc([N+](=O)[O-])c2nonc12. The van der Waals surface area contributed by atoms with Crippen LogP contribution < -0.4 is 5.32 Å². The Hall–Kier alpha value is -2.22. The zero-order chi connectivity index (χ0) is 15.6. The lowest BCUT2D eigenvalue weighted by Crippen LogP contribution is -2.34. The first-order valence-electron chi connectivity index (χ1n) is 6.66. The first-order valence-corrected chi connectivity index (χ1v) is 6.66. The highest BCUT2D eigenvalue weighted by Crippen LogP contribution is 2.29. The van der Waals surface area contributed by atoms with E-state index in [0.717, 1.165) is 0 Å². The number of benzene rings is 1. The van der Waals surface area contributed by atoms with Crippen molar-refractivity contribution in [1.82, 2.24) is 10.3 Å². The van der Waals surface area contributed by atoms with Gasteiger partial charge in [0.2, 0.25) is 5.52 Å². The van der Waals surface area contributed by atoms with E-state index in [9.17, 15) is 15.2 Å². The van der Waals surface area contributed by atoms with Gasteiger partial charge in [0, 0.05) is 12.6 Å². The van der Waals surface area contributed by atoms with E-state index in [1.165, 1.54) is 12.1 Å². The second-order valence-corrected chi connectivity index (χ2v) is 5.80. The highest BCUT2D eigenvalue weighted by atomic mass is 16.6. The highest BCUT2D eigenvalue weighted by molar-refractivity contribution is 5.93. The number of aliphatic hydroxyl groups is 1. The molecular weight excluding hydrogens is 276 g/mol. The standard InChI is InChI=1S/C13H18N4O4/c1-8(2)6-13(3,18)7-14-9-4-5-10(17(19)20)12-11(9)15-21-16-12/h4-5,8,14,18H,6-7H2,1-3H3. The summed E-state index contributed by atoms with van der Waals surface area (Å²) in [4.78, 5) is 10.4. The summed E-state index contributed by atoms with van der Waals surface area (Å²) in [7, 11) is 0.